The van der Waals surface area contributed by atoms with Gasteiger partial charge in [-0.15, -0.1) is 0 Å². The molecule has 4 heteroatoms. The van der Waals surface area contributed by atoms with E-state index in [2.05, 4.69) is 33.4 Å². The van der Waals surface area contributed by atoms with Crippen molar-refractivity contribution in [3.63, 3.8) is 0 Å². The highest BCUT2D eigenvalue weighted by Crippen LogP contribution is 2.32. The molecule has 0 aliphatic heterocycles. The fraction of sp³-hybridized carbons (Fsp3) is 0.111. The molecule has 0 fully saturated rings. The molecule has 7 aromatic rings. The lowest BCUT2D eigenvalue weighted by Gasteiger charge is -2.20. The third-order valence-corrected chi connectivity index (χ3v) is 7.97. The Hall–Kier alpha value is -4.96. The molecule has 0 atom stereocenters. The van der Waals surface area contributed by atoms with E-state index in [-0.39, 0.29) is 10.9 Å². The summed E-state index contributed by atoms with van der Waals surface area (Å²) in [5.41, 5.74) is 9.02. The van der Waals surface area contributed by atoms with Crippen LogP contribution in [0.4, 0.5) is 0 Å². The van der Waals surface area contributed by atoms with E-state index in [9.17, 15) is 9.59 Å². The van der Waals surface area contributed by atoms with Gasteiger partial charge >= 0.3 is 0 Å². The minimum Gasteiger partial charge on any atom is -0.309 e. The van der Waals surface area contributed by atoms with Gasteiger partial charge in [0.1, 0.15) is 0 Å². The van der Waals surface area contributed by atoms with Crippen LogP contribution in [0.2, 0.25) is 0 Å². The van der Waals surface area contributed by atoms with Crippen molar-refractivity contribution in [2.75, 3.05) is 0 Å². The van der Waals surface area contributed by atoms with Crippen molar-refractivity contribution in [2.45, 2.75) is 27.7 Å². The van der Waals surface area contributed by atoms with Crippen molar-refractivity contribution >= 4 is 43.6 Å². The summed E-state index contributed by atoms with van der Waals surface area (Å²) in [6, 6.07) is 32.2. The molecule has 7 rings (SSSR count). The molecule has 0 spiro atoms. The van der Waals surface area contributed by atoms with Crippen LogP contribution in [-0.2, 0) is 0 Å². The summed E-state index contributed by atoms with van der Waals surface area (Å²) in [5, 5.41) is 2.57. The maximum Gasteiger partial charge on any atom is 0.197 e. The molecule has 0 aliphatic carbocycles. The topological polar surface area (TPSA) is 44.0 Å². The van der Waals surface area contributed by atoms with Crippen molar-refractivity contribution in [3.05, 3.63) is 140 Å². The van der Waals surface area contributed by atoms with Crippen LogP contribution in [0.25, 0.3) is 55.0 Å². The summed E-state index contributed by atoms with van der Waals surface area (Å²) in [4.78, 5) is 28.5. The van der Waals surface area contributed by atoms with E-state index in [1.165, 1.54) is 0 Å². The summed E-state index contributed by atoms with van der Waals surface area (Å²) in [6.07, 6.45) is 0. The van der Waals surface area contributed by atoms with Crippen LogP contribution in [0.1, 0.15) is 22.3 Å². The summed E-state index contributed by atoms with van der Waals surface area (Å²) >= 11 is 0. The first kappa shape index (κ1) is 24.1. The normalized spacial score (nSPS) is 11.7. The van der Waals surface area contributed by atoms with Crippen LogP contribution < -0.4 is 10.9 Å². The lowest BCUT2D eigenvalue weighted by Crippen LogP contribution is -2.16. The molecule has 0 radical (unpaired) electrons. The second kappa shape index (κ2) is 8.78. The molecule has 5 aromatic carbocycles. The number of para-hydroxylation sites is 2. The van der Waals surface area contributed by atoms with Crippen LogP contribution in [-0.4, -0.2) is 9.13 Å². The highest BCUT2D eigenvalue weighted by Gasteiger charge is 2.20. The van der Waals surface area contributed by atoms with Gasteiger partial charge in [-0.2, -0.15) is 0 Å². The third-order valence-electron chi connectivity index (χ3n) is 7.97. The number of rotatable bonds is 2. The van der Waals surface area contributed by atoms with E-state index in [1.807, 2.05) is 100 Å². The molecule has 2 heterocycles. The van der Waals surface area contributed by atoms with Crippen molar-refractivity contribution in [1.82, 2.24) is 9.13 Å². The molecule has 40 heavy (non-hydrogen) atoms. The minimum absolute atomic E-state index is 0.0239. The Balaban J connectivity index is 1.80. The Morgan fingerprint density at radius 1 is 0.450 bits per heavy atom. The molecule has 0 N–H and O–H groups in total. The highest BCUT2D eigenvalue weighted by molar-refractivity contribution is 6.06. The molecule has 0 unspecified atom stereocenters. The zero-order valence-corrected chi connectivity index (χ0v) is 22.9. The lowest BCUT2D eigenvalue weighted by molar-refractivity contribution is 1.14. The number of aryl methyl sites for hydroxylation is 4. The van der Waals surface area contributed by atoms with Gasteiger partial charge in [0, 0.05) is 32.9 Å². The van der Waals surface area contributed by atoms with E-state index < -0.39 is 0 Å². The van der Waals surface area contributed by atoms with Crippen molar-refractivity contribution in [3.8, 4) is 11.4 Å². The van der Waals surface area contributed by atoms with E-state index >= 15 is 0 Å². The van der Waals surface area contributed by atoms with Crippen LogP contribution in [0.5, 0.6) is 0 Å². The minimum atomic E-state index is -0.0239. The maximum absolute atomic E-state index is 14.3. The van der Waals surface area contributed by atoms with Crippen LogP contribution >= 0.6 is 0 Å². The van der Waals surface area contributed by atoms with E-state index in [0.29, 0.717) is 21.5 Å². The van der Waals surface area contributed by atoms with Crippen molar-refractivity contribution in [1.29, 1.82) is 0 Å². The van der Waals surface area contributed by atoms with Gasteiger partial charge in [-0.3, -0.25) is 9.59 Å². The number of fused-ring (bicyclic) bond motifs is 4. The summed E-state index contributed by atoms with van der Waals surface area (Å²) in [7, 11) is 0. The molecular formula is C36H28N2O2. The predicted molar refractivity (Wildman–Crippen MR) is 167 cm³/mol. The van der Waals surface area contributed by atoms with Gasteiger partial charge in [0.2, 0.25) is 0 Å². The number of hydrogen-bond acceptors (Lipinski definition) is 2. The fourth-order valence-corrected chi connectivity index (χ4v) is 6.38. The second-order valence-corrected chi connectivity index (χ2v) is 10.8. The van der Waals surface area contributed by atoms with E-state index in [1.54, 1.807) is 0 Å². The van der Waals surface area contributed by atoms with Gasteiger partial charge in [-0.1, -0.05) is 48.5 Å². The van der Waals surface area contributed by atoms with Gasteiger partial charge in [-0.05, 0) is 98.5 Å². The second-order valence-electron chi connectivity index (χ2n) is 10.8. The number of aromatic nitrogens is 2. The van der Waals surface area contributed by atoms with E-state index in [0.717, 1.165) is 55.7 Å². The smallest absolute Gasteiger partial charge is 0.197 e. The Kier molecular flexibility index (Phi) is 5.29. The first-order chi connectivity index (χ1) is 19.3. The predicted octanol–water partition coefficient (Wildman–Crippen LogP) is 7.83. The largest absolute Gasteiger partial charge is 0.309 e. The molecule has 2 aromatic heterocycles. The van der Waals surface area contributed by atoms with Crippen LogP contribution in [0.3, 0.4) is 0 Å². The molecular weight excluding hydrogens is 492 g/mol. The maximum atomic E-state index is 14.3. The lowest BCUT2D eigenvalue weighted by atomic mass is 9.98. The Bertz CT molecular complexity index is 2110. The summed E-state index contributed by atoms with van der Waals surface area (Å²) in [6.45, 7) is 8.09. The molecule has 194 valence electrons. The summed E-state index contributed by atoms with van der Waals surface area (Å²) in [5.74, 6) is 0. The Morgan fingerprint density at radius 3 is 1.20 bits per heavy atom. The van der Waals surface area contributed by atoms with Gasteiger partial charge in [0.05, 0.1) is 22.1 Å². The molecule has 0 saturated heterocycles. The zero-order chi connectivity index (χ0) is 27.7. The van der Waals surface area contributed by atoms with Crippen LogP contribution in [0, 0.1) is 27.7 Å². The Labute approximate surface area is 231 Å². The van der Waals surface area contributed by atoms with Crippen molar-refractivity contribution in [2.24, 2.45) is 0 Å². The van der Waals surface area contributed by atoms with Gasteiger partial charge in [0.15, 0.2) is 10.9 Å². The number of nitrogens with zero attached hydrogens (tertiary/aromatic N) is 2. The highest BCUT2D eigenvalue weighted by atomic mass is 16.1. The van der Waals surface area contributed by atoms with Crippen molar-refractivity contribution < 1.29 is 0 Å². The number of pyridine rings is 2. The monoisotopic (exact) mass is 520 g/mol. The SMILES string of the molecule is Cc1cc(C)c2c(=O)c3cc4c(cc3n(-c3ccccc3)c2c1)c(=O)c1c(C)cc(C)cc1n4-c1ccccc1. The zero-order valence-electron chi connectivity index (χ0n) is 22.9. The van der Waals surface area contributed by atoms with Crippen LogP contribution in [0.15, 0.2) is 107 Å². The average Bonchev–Trinajstić information content (AvgIpc) is 2.93. The number of hydrogen-bond donors (Lipinski definition) is 0. The molecule has 0 saturated carbocycles. The fourth-order valence-electron chi connectivity index (χ4n) is 6.38. The molecule has 0 aliphatic rings. The molecule has 0 amide bonds. The molecule has 0 bridgehead atoms. The number of benzene rings is 5. The first-order valence-corrected chi connectivity index (χ1v) is 13.5. The summed E-state index contributed by atoms with van der Waals surface area (Å²) < 4.78 is 4.26. The van der Waals surface area contributed by atoms with Gasteiger partial charge in [0.25, 0.3) is 0 Å². The Morgan fingerprint density at radius 2 is 0.825 bits per heavy atom. The molecule has 4 nitrogen and oxygen atoms in total. The first-order valence-electron chi connectivity index (χ1n) is 13.5. The third kappa shape index (κ3) is 3.46. The van der Waals surface area contributed by atoms with Gasteiger partial charge in [-0.25, -0.2) is 0 Å². The van der Waals surface area contributed by atoms with Gasteiger partial charge < -0.3 is 9.13 Å². The average molecular weight is 521 g/mol. The standard InChI is InChI=1S/C36H28N2O2/c1-21-15-23(3)33-31(17-21)37(25-11-7-5-8-12-25)29-19-28-30(20-27(29)35(33)39)38(26-13-9-6-10-14-26)32-18-22(2)16-24(4)34(32)36(28)40/h5-20H,1-4H3. The van der Waals surface area contributed by atoms with E-state index in [4.69, 9.17) is 0 Å². The quantitative estimate of drug-likeness (QED) is 0.218.